The van der Waals surface area contributed by atoms with Gasteiger partial charge in [0.25, 0.3) is 0 Å². The van der Waals surface area contributed by atoms with Crippen LogP contribution < -0.4 is 5.32 Å². The molecule has 6 heteroatoms. The minimum atomic E-state index is -1.31. The van der Waals surface area contributed by atoms with E-state index in [0.717, 1.165) is 18.9 Å². The van der Waals surface area contributed by atoms with E-state index in [2.05, 4.69) is 10.3 Å². The molecule has 2 rings (SSSR count). The number of anilines is 1. The molecule has 0 aliphatic heterocycles. The molecule has 1 heterocycles. The number of rotatable bonds is 4. The van der Waals surface area contributed by atoms with E-state index in [1.807, 2.05) is 0 Å². The van der Waals surface area contributed by atoms with Crippen molar-refractivity contribution >= 4 is 11.8 Å². The first-order valence-electron chi connectivity index (χ1n) is 5.87. The van der Waals surface area contributed by atoms with Crippen LogP contribution in [0.5, 0.6) is 0 Å². The van der Waals surface area contributed by atoms with Crippen LogP contribution in [-0.2, 0) is 0 Å². The maximum absolute atomic E-state index is 13.7. The first-order valence-corrected chi connectivity index (χ1v) is 5.87. The molecule has 0 amide bonds. The van der Waals surface area contributed by atoms with E-state index in [0.29, 0.717) is 13.0 Å². The minimum absolute atomic E-state index is 0.0451. The number of nitrogens with one attached hydrogen (secondary N) is 1. The fourth-order valence-corrected chi connectivity index (χ4v) is 2.21. The van der Waals surface area contributed by atoms with Gasteiger partial charge in [-0.05, 0) is 31.2 Å². The van der Waals surface area contributed by atoms with Crippen LogP contribution in [-0.4, -0.2) is 33.8 Å². The predicted octanol–water partition coefficient (Wildman–Crippen LogP) is 1.49. The van der Waals surface area contributed by atoms with Gasteiger partial charge >= 0.3 is 5.97 Å². The summed E-state index contributed by atoms with van der Waals surface area (Å²) in [5.41, 5.74) is -0.390. The molecule has 3 N–H and O–H groups in total. The molecule has 1 aromatic rings. The largest absolute Gasteiger partial charge is 0.478 e. The Balaban J connectivity index is 2.01. The lowest BCUT2D eigenvalue weighted by molar-refractivity contribution is 0.0692. The van der Waals surface area contributed by atoms with Gasteiger partial charge in [0, 0.05) is 12.7 Å². The molecular weight excluding hydrogens is 239 g/mol. The number of carbonyl (C=O) groups is 1. The number of halogens is 1. The molecule has 0 radical (unpaired) electrons. The number of carboxylic acid groups (broad SMARTS) is 1. The molecule has 2 unspecified atom stereocenters. The van der Waals surface area contributed by atoms with Gasteiger partial charge in [0.15, 0.2) is 11.6 Å². The summed E-state index contributed by atoms with van der Waals surface area (Å²) in [7, 11) is 0. The molecule has 0 bridgehead atoms. The lowest BCUT2D eigenvalue weighted by Crippen LogP contribution is -2.15. The van der Waals surface area contributed by atoms with Crippen molar-refractivity contribution in [2.75, 3.05) is 11.9 Å². The summed E-state index contributed by atoms with van der Waals surface area (Å²) in [6, 6.07) is 1.13. The van der Waals surface area contributed by atoms with Gasteiger partial charge in [0.05, 0.1) is 6.10 Å². The summed E-state index contributed by atoms with van der Waals surface area (Å²) in [6.45, 7) is 0.490. The second-order valence-electron chi connectivity index (χ2n) is 4.54. The highest BCUT2D eigenvalue weighted by Crippen LogP contribution is 2.26. The summed E-state index contributed by atoms with van der Waals surface area (Å²) in [5, 5.41) is 21.0. The van der Waals surface area contributed by atoms with Crippen LogP contribution in [0.15, 0.2) is 12.3 Å². The van der Waals surface area contributed by atoms with Gasteiger partial charge in [-0.15, -0.1) is 0 Å². The van der Waals surface area contributed by atoms with E-state index in [9.17, 15) is 14.3 Å². The third-order valence-electron chi connectivity index (χ3n) is 3.19. The molecule has 1 saturated carbocycles. The number of carboxylic acids is 1. The smallest absolute Gasteiger partial charge is 0.338 e. The SMILES string of the molecule is O=C(O)c1ccnc(NCC2CCC(O)C2)c1F. The zero-order valence-corrected chi connectivity index (χ0v) is 9.77. The predicted molar refractivity (Wildman–Crippen MR) is 63.0 cm³/mol. The maximum Gasteiger partial charge on any atom is 0.338 e. The standard InChI is InChI=1S/C12H15FN2O3/c13-10-9(12(17)18)3-4-14-11(10)15-6-7-1-2-8(16)5-7/h3-4,7-8,16H,1-2,5-6H2,(H,14,15)(H,17,18). The molecule has 5 nitrogen and oxygen atoms in total. The maximum atomic E-state index is 13.7. The van der Waals surface area contributed by atoms with Gasteiger partial charge in [-0.25, -0.2) is 14.2 Å². The molecule has 18 heavy (non-hydrogen) atoms. The highest BCUT2D eigenvalue weighted by Gasteiger charge is 2.23. The number of hydrogen-bond acceptors (Lipinski definition) is 4. The van der Waals surface area contributed by atoms with Crippen molar-refractivity contribution in [3.8, 4) is 0 Å². The second kappa shape index (κ2) is 5.30. The summed E-state index contributed by atoms with van der Waals surface area (Å²) < 4.78 is 13.7. The zero-order chi connectivity index (χ0) is 13.1. The minimum Gasteiger partial charge on any atom is -0.478 e. The number of aromatic carboxylic acids is 1. The van der Waals surface area contributed by atoms with Crippen LogP contribution in [0.3, 0.4) is 0 Å². The molecule has 1 fully saturated rings. The van der Waals surface area contributed by atoms with E-state index in [4.69, 9.17) is 5.11 Å². The van der Waals surface area contributed by atoms with Gasteiger partial charge in [0.1, 0.15) is 5.56 Å². The van der Waals surface area contributed by atoms with Gasteiger partial charge in [-0.1, -0.05) is 0 Å². The van der Waals surface area contributed by atoms with Crippen LogP contribution in [0.25, 0.3) is 0 Å². The van der Waals surface area contributed by atoms with Gasteiger partial charge in [-0.2, -0.15) is 0 Å². The Labute approximate surface area is 104 Å². The van der Waals surface area contributed by atoms with E-state index in [1.54, 1.807) is 0 Å². The topological polar surface area (TPSA) is 82.5 Å². The number of aliphatic hydroxyl groups is 1. The quantitative estimate of drug-likeness (QED) is 0.758. The van der Waals surface area contributed by atoms with E-state index in [1.165, 1.54) is 6.20 Å². The van der Waals surface area contributed by atoms with Crippen LogP contribution in [0.2, 0.25) is 0 Å². The second-order valence-corrected chi connectivity index (χ2v) is 4.54. The first-order chi connectivity index (χ1) is 8.58. The van der Waals surface area contributed by atoms with Crippen molar-refractivity contribution < 1.29 is 19.4 Å². The van der Waals surface area contributed by atoms with Crippen molar-refractivity contribution in [1.29, 1.82) is 0 Å². The first kappa shape index (κ1) is 12.8. The third kappa shape index (κ3) is 2.76. The average Bonchev–Trinajstić information content (AvgIpc) is 2.73. The van der Waals surface area contributed by atoms with Crippen molar-refractivity contribution in [2.45, 2.75) is 25.4 Å². The number of aromatic nitrogens is 1. The summed E-state index contributed by atoms with van der Waals surface area (Å²) in [5.74, 6) is -1.93. The molecule has 2 atom stereocenters. The number of pyridine rings is 1. The Morgan fingerprint density at radius 3 is 2.94 bits per heavy atom. The molecule has 1 aromatic heterocycles. The summed E-state index contributed by atoms with van der Waals surface area (Å²) in [6.07, 6.45) is 3.32. The highest BCUT2D eigenvalue weighted by molar-refractivity contribution is 5.88. The van der Waals surface area contributed by atoms with Gasteiger partial charge in [-0.3, -0.25) is 0 Å². The molecular formula is C12H15FN2O3. The molecule has 1 aliphatic carbocycles. The lowest BCUT2D eigenvalue weighted by Gasteiger charge is -2.12. The molecule has 0 spiro atoms. The molecule has 98 valence electrons. The number of aliphatic hydroxyl groups excluding tert-OH is 1. The van der Waals surface area contributed by atoms with Crippen molar-refractivity contribution in [1.82, 2.24) is 4.98 Å². The van der Waals surface area contributed by atoms with Crippen LogP contribution in [0, 0.1) is 11.7 Å². The Hall–Kier alpha value is -1.69. The fourth-order valence-electron chi connectivity index (χ4n) is 2.21. The Morgan fingerprint density at radius 1 is 1.56 bits per heavy atom. The lowest BCUT2D eigenvalue weighted by atomic mass is 10.1. The fraction of sp³-hybridized carbons (Fsp3) is 0.500. The Bertz CT molecular complexity index is 453. The normalized spacial score (nSPS) is 23.0. The number of hydrogen-bond donors (Lipinski definition) is 3. The van der Waals surface area contributed by atoms with Crippen molar-refractivity contribution in [2.24, 2.45) is 5.92 Å². The van der Waals surface area contributed by atoms with Crippen molar-refractivity contribution in [3.05, 3.63) is 23.6 Å². The zero-order valence-electron chi connectivity index (χ0n) is 9.77. The average molecular weight is 254 g/mol. The number of nitrogens with zero attached hydrogens (tertiary/aromatic N) is 1. The van der Waals surface area contributed by atoms with Crippen LogP contribution >= 0.6 is 0 Å². The van der Waals surface area contributed by atoms with Gasteiger partial charge in [0.2, 0.25) is 0 Å². The van der Waals surface area contributed by atoms with E-state index < -0.39 is 11.8 Å². The summed E-state index contributed by atoms with van der Waals surface area (Å²) in [4.78, 5) is 14.5. The monoisotopic (exact) mass is 254 g/mol. The Kier molecular flexibility index (Phi) is 3.76. The molecule has 0 saturated heterocycles. The van der Waals surface area contributed by atoms with Crippen molar-refractivity contribution in [3.63, 3.8) is 0 Å². The molecule has 0 aromatic carbocycles. The van der Waals surface area contributed by atoms with Crippen LogP contribution in [0.1, 0.15) is 29.6 Å². The van der Waals surface area contributed by atoms with Gasteiger partial charge < -0.3 is 15.5 Å². The Morgan fingerprint density at radius 2 is 2.33 bits per heavy atom. The van der Waals surface area contributed by atoms with Crippen LogP contribution in [0.4, 0.5) is 10.2 Å². The summed E-state index contributed by atoms with van der Waals surface area (Å²) >= 11 is 0. The van der Waals surface area contributed by atoms with E-state index >= 15 is 0 Å². The highest BCUT2D eigenvalue weighted by atomic mass is 19.1. The molecule has 1 aliphatic rings. The van der Waals surface area contributed by atoms with E-state index in [-0.39, 0.29) is 23.4 Å². The third-order valence-corrected chi connectivity index (χ3v) is 3.19.